The van der Waals surface area contributed by atoms with Crippen LogP contribution in [0.1, 0.15) is 111 Å². The summed E-state index contributed by atoms with van der Waals surface area (Å²) < 4.78 is 21.5. The van der Waals surface area contributed by atoms with Gasteiger partial charge in [0.15, 0.2) is 0 Å². The SMILES string of the molecule is CCCC(CC)OC(=O)NCCCOC(=O)CCN(CCCN1CCCC1)CCC(=O)OCCCNC(=O)OC(CC)CCC. The van der Waals surface area contributed by atoms with Crippen molar-refractivity contribution in [2.45, 2.75) is 123 Å². The second-order valence-corrected chi connectivity index (χ2v) is 11.7. The molecule has 45 heavy (non-hydrogen) atoms. The Morgan fingerprint density at radius 3 is 1.58 bits per heavy atom. The van der Waals surface area contributed by atoms with Gasteiger partial charge in [-0.25, -0.2) is 9.59 Å². The first-order chi connectivity index (χ1) is 21.8. The Labute approximate surface area is 271 Å². The van der Waals surface area contributed by atoms with Crippen LogP contribution in [0.15, 0.2) is 0 Å². The summed E-state index contributed by atoms with van der Waals surface area (Å²) in [6, 6.07) is 0. The molecule has 0 spiro atoms. The van der Waals surface area contributed by atoms with Crippen molar-refractivity contribution in [3.05, 3.63) is 0 Å². The third kappa shape index (κ3) is 21.7. The van der Waals surface area contributed by atoms with E-state index in [1.165, 1.54) is 12.8 Å². The van der Waals surface area contributed by atoms with Crippen molar-refractivity contribution in [1.82, 2.24) is 20.4 Å². The van der Waals surface area contributed by atoms with Crippen LogP contribution >= 0.6 is 0 Å². The van der Waals surface area contributed by atoms with E-state index >= 15 is 0 Å². The maximum Gasteiger partial charge on any atom is 0.407 e. The summed E-state index contributed by atoms with van der Waals surface area (Å²) in [5.41, 5.74) is 0. The van der Waals surface area contributed by atoms with Crippen LogP contribution in [0.4, 0.5) is 9.59 Å². The van der Waals surface area contributed by atoms with Crippen LogP contribution in [0.2, 0.25) is 0 Å². The molecule has 1 fully saturated rings. The van der Waals surface area contributed by atoms with Crippen molar-refractivity contribution >= 4 is 24.1 Å². The normalized spacial score (nSPS) is 14.5. The van der Waals surface area contributed by atoms with Crippen LogP contribution in [-0.2, 0) is 28.5 Å². The molecule has 0 bridgehead atoms. The number of alkyl carbamates (subject to hydrolysis) is 2. The maximum atomic E-state index is 12.4. The molecule has 2 unspecified atom stereocenters. The predicted octanol–water partition coefficient (Wildman–Crippen LogP) is 5.03. The molecule has 0 radical (unpaired) electrons. The zero-order valence-corrected chi connectivity index (χ0v) is 28.6. The van der Waals surface area contributed by atoms with Gasteiger partial charge in [-0.3, -0.25) is 9.59 Å². The van der Waals surface area contributed by atoms with Crippen LogP contribution < -0.4 is 10.6 Å². The first-order valence-corrected chi connectivity index (χ1v) is 17.5. The van der Waals surface area contributed by atoms with E-state index in [2.05, 4.69) is 34.3 Å². The molecule has 0 aromatic heterocycles. The molecule has 2 amide bonds. The number of amides is 2. The summed E-state index contributed by atoms with van der Waals surface area (Å²) in [7, 11) is 0. The minimum Gasteiger partial charge on any atom is -0.466 e. The molecule has 2 N–H and O–H groups in total. The van der Waals surface area contributed by atoms with Crippen molar-refractivity contribution < 1.29 is 38.1 Å². The fourth-order valence-corrected chi connectivity index (χ4v) is 5.12. The second-order valence-electron chi connectivity index (χ2n) is 11.7. The van der Waals surface area contributed by atoms with E-state index in [1.54, 1.807) is 0 Å². The predicted molar refractivity (Wildman–Crippen MR) is 174 cm³/mol. The van der Waals surface area contributed by atoms with Crippen LogP contribution in [0.3, 0.4) is 0 Å². The molecular weight excluding hydrogens is 580 g/mol. The van der Waals surface area contributed by atoms with E-state index in [1.807, 2.05) is 13.8 Å². The number of hydrogen-bond donors (Lipinski definition) is 2. The smallest absolute Gasteiger partial charge is 0.407 e. The van der Waals surface area contributed by atoms with Crippen molar-refractivity contribution in [1.29, 1.82) is 0 Å². The van der Waals surface area contributed by atoms with E-state index in [0.29, 0.717) is 39.0 Å². The molecule has 0 aliphatic carbocycles. The van der Waals surface area contributed by atoms with Crippen LogP contribution in [-0.4, -0.2) is 112 Å². The zero-order chi connectivity index (χ0) is 33.1. The van der Waals surface area contributed by atoms with Crippen LogP contribution in [0.5, 0.6) is 0 Å². The van der Waals surface area contributed by atoms with Gasteiger partial charge in [-0.2, -0.15) is 0 Å². The van der Waals surface area contributed by atoms with E-state index in [9.17, 15) is 19.2 Å². The van der Waals surface area contributed by atoms with Gasteiger partial charge in [0.1, 0.15) is 12.2 Å². The van der Waals surface area contributed by atoms with Crippen molar-refractivity contribution in [2.75, 3.05) is 65.6 Å². The Morgan fingerprint density at radius 1 is 0.689 bits per heavy atom. The average molecular weight is 643 g/mol. The molecule has 2 atom stereocenters. The van der Waals surface area contributed by atoms with E-state index in [-0.39, 0.29) is 50.2 Å². The van der Waals surface area contributed by atoms with Crippen molar-refractivity contribution in [2.24, 2.45) is 0 Å². The summed E-state index contributed by atoms with van der Waals surface area (Å²) in [4.78, 5) is 53.2. The Morgan fingerprint density at radius 2 is 1.16 bits per heavy atom. The number of ether oxygens (including phenoxy) is 4. The number of rotatable bonds is 26. The summed E-state index contributed by atoms with van der Waals surface area (Å²) in [5.74, 6) is -0.602. The molecule has 1 aliphatic rings. The monoisotopic (exact) mass is 642 g/mol. The standard InChI is InChI=1S/C33H62N4O8/c1-5-14-28(7-3)44-32(40)34-18-11-26-42-30(38)16-24-37(23-13-22-36-20-9-10-21-36)25-17-31(39)43-27-12-19-35-33(41)45-29(8-4)15-6-2/h28-29H,5-27H2,1-4H3,(H,34,40)(H,35,41). The molecular formula is C33H62N4O8. The lowest BCUT2D eigenvalue weighted by atomic mass is 10.2. The van der Waals surface area contributed by atoms with Gasteiger partial charge < -0.3 is 39.4 Å². The van der Waals surface area contributed by atoms with Gasteiger partial charge in [-0.05, 0) is 84.0 Å². The van der Waals surface area contributed by atoms with Gasteiger partial charge in [0.05, 0.1) is 26.1 Å². The van der Waals surface area contributed by atoms with Crippen molar-refractivity contribution in [3.8, 4) is 0 Å². The fourth-order valence-electron chi connectivity index (χ4n) is 5.12. The third-order valence-corrected chi connectivity index (χ3v) is 7.80. The summed E-state index contributed by atoms with van der Waals surface area (Å²) in [6.45, 7) is 14.3. The summed E-state index contributed by atoms with van der Waals surface area (Å²) in [6.07, 6.45) is 9.05. The molecule has 12 nitrogen and oxygen atoms in total. The molecule has 0 aromatic carbocycles. The number of hydrogen-bond acceptors (Lipinski definition) is 10. The van der Waals surface area contributed by atoms with E-state index in [0.717, 1.165) is 71.1 Å². The van der Waals surface area contributed by atoms with E-state index in [4.69, 9.17) is 18.9 Å². The highest BCUT2D eigenvalue weighted by Crippen LogP contribution is 2.09. The Balaban J connectivity index is 2.30. The number of nitrogens with one attached hydrogen (secondary N) is 2. The van der Waals surface area contributed by atoms with Gasteiger partial charge in [0.25, 0.3) is 0 Å². The number of likely N-dealkylation sites (tertiary alicyclic amines) is 1. The average Bonchev–Trinajstić information content (AvgIpc) is 3.54. The Hall–Kier alpha value is -2.60. The second kappa shape index (κ2) is 26.6. The zero-order valence-electron chi connectivity index (χ0n) is 28.6. The molecule has 1 saturated heterocycles. The fraction of sp³-hybridized carbons (Fsp3) is 0.879. The third-order valence-electron chi connectivity index (χ3n) is 7.80. The highest BCUT2D eigenvalue weighted by molar-refractivity contribution is 5.70. The summed E-state index contributed by atoms with van der Waals surface area (Å²) in [5, 5.41) is 5.42. The number of nitrogens with zero attached hydrogens (tertiary/aromatic N) is 2. The van der Waals surface area contributed by atoms with E-state index < -0.39 is 12.2 Å². The van der Waals surface area contributed by atoms with Gasteiger partial charge in [-0.15, -0.1) is 0 Å². The van der Waals surface area contributed by atoms with Gasteiger partial charge >= 0.3 is 24.1 Å². The Kier molecular flexibility index (Phi) is 23.9. The minimum atomic E-state index is -0.436. The number of carbonyl (C=O) groups excluding carboxylic acids is 4. The van der Waals surface area contributed by atoms with Crippen LogP contribution in [0.25, 0.3) is 0 Å². The number of esters is 2. The van der Waals surface area contributed by atoms with Gasteiger partial charge in [0.2, 0.25) is 0 Å². The maximum absolute atomic E-state index is 12.4. The minimum absolute atomic E-state index is 0.0726. The lowest BCUT2D eigenvalue weighted by Gasteiger charge is -2.23. The first kappa shape index (κ1) is 40.4. The Bertz CT molecular complexity index is 756. The molecule has 262 valence electrons. The van der Waals surface area contributed by atoms with Crippen LogP contribution in [0, 0.1) is 0 Å². The molecule has 1 aliphatic heterocycles. The lowest BCUT2D eigenvalue weighted by molar-refractivity contribution is -0.144. The molecule has 12 heteroatoms. The molecule has 0 saturated carbocycles. The number of carbonyl (C=O) groups is 4. The highest BCUT2D eigenvalue weighted by Gasteiger charge is 2.16. The molecule has 1 heterocycles. The molecule has 1 rings (SSSR count). The highest BCUT2D eigenvalue weighted by atomic mass is 16.6. The first-order valence-electron chi connectivity index (χ1n) is 17.5. The topological polar surface area (TPSA) is 136 Å². The van der Waals surface area contributed by atoms with Gasteiger partial charge in [-0.1, -0.05) is 40.5 Å². The van der Waals surface area contributed by atoms with Gasteiger partial charge in [0, 0.05) is 26.2 Å². The summed E-state index contributed by atoms with van der Waals surface area (Å²) >= 11 is 0. The molecule has 0 aromatic rings. The quantitative estimate of drug-likeness (QED) is 0.0751. The van der Waals surface area contributed by atoms with Crippen molar-refractivity contribution in [3.63, 3.8) is 0 Å². The lowest BCUT2D eigenvalue weighted by Crippen LogP contribution is -2.33. The largest absolute Gasteiger partial charge is 0.466 e.